The van der Waals surface area contributed by atoms with Crippen LogP contribution >= 0.6 is 0 Å². The Morgan fingerprint density at radius 1 is 0.822 bits per heavy atom. The van der Waals surface area contributed by atoms with Gasteiger partial charge in [0.05, 0.1) is 36.5 Å². The number of aromatic nitrogens is 1. The van der Waals surface area contributed by atoms with Gasteiger partial charge in [0.2, 0.25) is 5.91 Å². The number of amides is 3. The van der Waals surface area contributed by atoms with Gasteiger partial charge in [-0.2, -0.15) is 0 Å². The van der Waals surface area contributed by atoms with Gasteiger partial charge in [0.25, 0.3) is 11.8 Å². The van der Waals surface area contributed by atoms with Crippen LogP contribution in [0.25, 0.3) is 0 Å². The third-order valence-corrected chi connectivity index (χ3v) is 7.40. The quantitative estimate of drug-likeness (QED) is 0.0968. The highest BCUT2D eigenvalue weighted by Crippen LogP contribution is 2.26. The van der Waals surface area contributed by atoms with Crippen LogP contribution in [0.5, 0.6) is 5.75 Å². The van der Waals surface area contributed by atoms with E-state index >= 15 is 0 Å². The molecule has 230 valence electrons. The molecule has 3 amide bonds. The van der Waals surface area contributed by atoms with Crippen LogP contribution in [0.15, 0.2) is 97.2 Å². The third kappa shape index (κ3) is 7.50. The van der Waals surface area contributed by atoms with Crippen molar-refractivity contribution in [2.45, 2.75) is 32.8 Å². The minimum atomic E-state index is -0.517. The summed E-state index contributed by atoms with van der Waals surface area (Å²) in [5.74, 6) is -1.15. The van der Waals surface area contributed by atoms with Crippen molar-refractivity contribution in [2.24, 2.45) is 0 Å². The molecule has 3 aromatic carbocycles. The molecule has 5 rings (SSSR count). The first-order valence-electron chi connectivity index (χ1n) is 15.1. The number of ketones is 1. The molecular formula is C36H35N3O6. The number of imide groups is 1. The van der Waals surface area contributed by atoms with Crippen molar-refractivity contribution in [3.05, 3.63) is 125 Å². The summed E-state index contributed by atoms with van der Waals surface area (Å²) >= 11 is 0. The van der Waals surface area contributed by atoms with Gasteiger partial charge in [-0.3, -0.25) is 29.0 Å². The van der Waals surface area contributed by atoms with Crippen LogP contribution in [-0.4, -0.2) is 59.7 Å². The fourth-order valence-electron chi connectivity index (χ4n) is 5.06. The summed E-state index contributed by atoms with van der Waals surface area (Å²) in [6.45, 7) is 3.28. The number of rotatable bonds is 15. The van der Waals surface area contributed by atoms with Crippen molar-refractivity contribution in [1.82, 2.24) is 9.88 Å². The minimum absolute atomic E-state index is 0.180. The van der Waals surface area contributed by atoms with Crippen LogP contribution in [0.2, 0.25) is 0 Å². The summed E-state index contributed by atoms with van der Waals surface area (Å²) in [5.41, 5.74) is 2.26. The fraction of sp³-hybridized carbons (Fsp3) is 0.250. The number of ether oxygens (including phenoxy) is 2. The molecule has 1 aromatic heterocycles. The SMILES string of the molecule is CCCCN(C(=O)CN1C(=O)c2ccccc2C1=O)c1ncccc1C(=O)c1cccc(OCCCOCc2ccccc2)c1. The molecule has 0 bridgehead atoms. The average Bonchev–Trinajstić information content (AvgIpc) is 3.31. The Kier molecular flexibility index (Phi) is 10.4. The summed E-state index contributed by atoms with van der Waals surface area (Å²) in [7, 11) is 0. The molecule has 9 heteroatoms. The number of carbonyl (C=O) groups is 4. The molecule has 0 radical (unpaired) electrons. The lowest BCUT2D eigenvalue weighted by atomic mass is 10.0. The maximum absolute atomic E-state index is 13.8. The van der Waals surface area contributed by atoms with E-state index in [1.807, 2.05) is 37.3 Å². The molecule has 1 aliphatic heterocycles. The zero-order valence-corrected chi connectivity index (χ0v) is 25.2. The molecule has 0 saturated carbocycles. The lowest BCUT2D eigenvalue weighted by Gasteiger charge is -2.25. The molecule has 9 nitrogen and oxygen atoms in total. The zero-order valence-electron chi connectivity index (χ0n) is 25.2. The molecule has 0 atom stereocenters. The number of fused-ring (bicyclic) bond motifs is 1. The third-order valence-electron chi connectivity index (χ3n) is 7.40. The van der Waals surface area contributed by atoms with Crippen LogP contribution in [0.3, 0.4) is 0 Å². The first-order chi connectivity index (χ1) is 22.0. The van der Waals surface area contributed by atoms with Gasteiger partial charge in [0.15, 0.2) is 5.78 Å². The Balaban J connectivity index is 1.26. The summed E-state index contributed by atoms with van der Waals surface area (Å²) in [6, 6.07) is 26.6. The molecule has 4 aromatic rings. The van der Waals surface area contributed by atoms with Gasteiger partial charge < -0.3 is 9.47 Å². The van der Waals surface area contributed by atoms with E-state index < -0.39 is 24.3 Å². The average molecular weight is 606 g/mol. The Morgan fingerprint density at radius 2 is 1.56 bits per heavy atom. The molecular weight excluding hydrogens is 570 g/mol. The molecule has 0 aliphatic carbocycles. The zero-order chi connectivity index (χ0) is 31.6. The lowest BCUT2D eigenvalue weighted by molar-refractivity contribution is -0.119. The molecule has 2 heterocycles. The lowest BCUT2D eigenvalue weighted by Crippen LogP contribution is -2.44. The van der Waals surface area contributed by atoms with Crippen molar-refractivity contribution in [2.75, 3.05) is 31.2 Å². The Hall–Kier alpha value is -5.15. The number of anilines is 1. The Labute approximate surface area is 262 Å². The van der Waals surface area contributed by atoms with Crippen LogP contribution < -0.4 is 9.64 Å². The van der Waals surface area contributed by atoms with Gasteiger partial charge >= 0.3 is 0 Å². The standard InChI is InChI=1S/C36H35N3O6/c1-2-3-20-38(32(40)24-39-35(42)29-16-7-8-17-30(29)36(39)43)34-31(18-10-19-37-34)33(41)27-14-9-15-28(23-27)45-22-11-21-44-25-26-12-5-4-6-13-26/h4-10,12-19,23H,2-3,11,20-22,24-25H2,1H3. The van der Waals surface area contributed by atoms with Gasteiger partial charge in [-0.1, -0.05) is 67.9 Å². The largest absolute Gasteiger partial charge is 0.493 e. The maximum Gasteiger partial charge on any atom is 0.262 e. The van der Waals surface area contributed by atoms with Crippen molar-refractivity contribution in [3.8, 4) is 5.75 Å². The monoisotopic (exact) mass is 605 g/mol. The summed E-state index contributed by atoms with van der Waals surface area (Å²) in [4.78, 5) is 60.1. The normalized spacial score (nSPS) is 12.2. The number of pyridine rings is 1. The van der Waals surface area contributed by atoms with Gasteiger partial charge in [-0.25, -0.2) is 4.98 Å². The second-order valence-corrected chi connectivity index (χ2v) is 10.6. The van der Waals surface area contributed by atoms with Crippen molar-refractivity contribution in [3.63, 3.8) is 0 Å². The van der Waals surface area contributed by atoms with E-state index in [0.717, 1.165) is 16.9 Å². The highest BCUT2D eigenvalue weighted by atomic mass is 16.5. The highest BCUT2D eigenvalue weighted by Gasteiger charge is 2.37. The second-order valence-electron chi connectivity index (χ2n) is 10.6. The Bertz CT molecular complexity index is 1640. The number of benzene rings is 3. The van der Waals surface area contributed by atoms with E-state index in [4.69, 9.17) is 9.47 Å². The van der Waals surface area contributed by atoms with Crippen molar-refractivity contribution in [1.29, 1.82) is 0 Å². The van der Waals surface area contributed by atoms with Gasteiger partial charge in [0, 0.05) is 24.7 Å². The number of hydrogen-bond acceptors (Lipinski definition) is 7. The topological polar surface area (TPSA) is 106 Å². The predicted molar refractivity (Wildman–Crippen MR) is 169 cm³/mol. The molecule has 0 saturated heterocycles. The van der Waals surface area contributed by atoms with E-state index in [-0.39, 0.29) is 34.8 Å². The van der Waals surface area contributed by atoms with E-state index in [1.54, 1.807) is 60.7 Å². The first-order valence-corrected chi connectivity index (χ1v) is 15.1. The fourth-order valence-corrected chi connectivity index (χ4v) is 5.06. The predicted octanol–water partition coefficient (Wildman–Crippen LogP) is 5.73. The van der Waals surface area contributed by atoms with Crippen LogP contribution in [0.1, 0.15) is 68.4 Å². The van der Waals surface area contributed by atoms with Crippen molar-refractivity contribution >= 4 is 29.3 Å². The molecule has 0 N–H and O–H groups in total. The summed E-state index contributed by atoms with van der Waals surface area (Å²) in [6.07, 6.45) is 3.61. The first kappa shape index (κ1) is 31.3. The minimum Gasteiger partial charge on any atom is -0.493 e. The Morgan fingerprint density at radius 3 is 2.29 bits per heavy atom. The molecule has 45 heavy (non-hydrogen) atoms. The van der Waals surface area contributed by atoms with Gasteiger partial charge in [-0.05, 0) is 48.4 Å². The second kappa shape index (κ2) is 15.0. The summed E-state index contributed by atoms with van der Waals surface area (Å²) in [5, 5.41) is 0. The van der Waals surface area contributed by atoms with E-state index in [1.165, 1.54) is 11.1 Å². The van der Waals surface area contributed by atoms with Crippen molar-refractivity contribution < 1.29 is 28.7 Å². The molecule has 1 aliphatic rings. The smallest absolute Gasteiger partial charge is 0.262 e. The maximum atomic E-state index is 13.8. The van der Waals surface area contributed by atoms with E-state index in [9.17, 15) is 19.2 Å². The number of carbonyl (C=O) groups excluding carboxylic acids is 4. The van der Waals surface area contributed by atoms with Crippen LogP contribution in [-0.2, 0) is 16.1 Å². The highest BCUT2D eigenvalue weighted by molar-refractivity contribution is 6.23. The van der Waals surface area contributed by atoms with Gasteiger partial charge in [0.1, 0.15) is 18.1 Å². The number of nitrogens with zero attached hydrogens (tertiary/aromatic N) is 3. The van der Waals surface area contributed by atoms with E-state index in [0.29, 0.717) is 44.0 Å². The number of hydrogen-bond donors (Lipinski definition) is 0. The van der Waals surface area contributed by atoms with Gasteiger partial charge in [-0.15, -0.1) is 0 Å². The number of unbranched alkanes of at least 4 members (excludes halogenated alkanes) is 1. The van der Waals surface area contributed by atoms with Crippen LogP contribution in [0.4, 0.5) is 5.82 Å². The van der Waals surface area contributed by atoms with Crippen LogP contribution in [0, 0.1) is 0 Å². The molecule has 0 fully saturated rings. The summed E-state index contributed by atoms with van der Waals surface area (Å²) < 4.78 is 11.6. The van der Waals surface area contributed by atoms with E-state index in [2.05, 4.69) is 4.98 Å². The molecule has 0 spiro atoms. The molecule has 0 unspecified atom stereocenters.